The standard InChI is InChI=1S/C17H30N4O2/c1-2-5-16-18-17(23-19-16)14-21-8-4-3-6-15(21)7-9-20-10-12-22-13-11-20/h15H,2-14H2,1H3/t15-/m1/s1. The Labute approximate surface area is 139 Å². The van der Waals surface area contributed by atoms with E-state index in [1.54, 1.807) is 0 Å². The van der Waals surface area contributed by atoms with Crippen molar-refractivity contribution in [3.63, 3.8) is 0 Å². The molecule has 0 N–H and O–H groups in total. The third-order valence-electron chi connectivity index (χ3n) is 4.95. The fourth-order valence-electron chi connectivity index (χ4n) is 3.60. The number of piperidine rings is 1. The van der Waals surface area contributed by atoms with E-state index < -0.39 is 0 Å². The molecule has 0 unspecified atom stereocenters. The first kappa shape index (κ1) is 16.9. The number of ether oxygens (including phenoxy) is 1. The zero-order valence-electron chi connectivity index (χ0n) is 14.4. The van der Waals surface area contributed by atoms with Gasteiger partial charge >= 0.3 is 0 Å². The van der Waals surface area contributed by atoms with Gasteiger partial charge in [0.2, 0.25) is 5.89 Å². The van der Waals surface area contributed by atoms with Crippen molar-refractivity contribution in [2.45, 2.75) is 58.0 Å². The highest BCUT2D eigenvalue weighted by molar-refractivity contribution is 4.89. The van der Waals surface area contributed by atoms with Crippen LogP contribution in [0.2, 0.25) is 0 Å². The minimum Gasteiger partial charge on any atom is -0.379 e. The Morgan fingerprint density at radius 3 is 2.87 bits per heavy atom. The highest BCUT2D eigenvalue weighted by Gasteiger charge is 2.25. The predicted octanol–water partition coefficient (Wildman–Crippen LogP) is 2.10. The van der Waals surface area contributed by atoms with Crippen LogP contribution < -0.4 is 0 Å². The summed E-state index contributed by atoms with van der Waals surface area (Å²) in [5.74, 6) is 1.64. The molecule has 0 amide bonds. The van der Waals surface area contributed by atoms with E-state index in [0.717, 1.165) is 63.9 Å². The number of aromatic nitrogens is 2. The smallest absolute Gasteiger partial charge is 0.240 e. The molecule has 2 aliphatic rings. The molecular weight excluding hydrogens is 292 g/mol. The molecule has 1 aromatic rings. The van der Waals surface area contributed by atoms with Gasteiger partial charge in [-0.15, -0.1) is 0 Å². The number of rotatable bonds is 7. The lowest BCUT2D eigenvalue weighted by atomic mass is 9.99. The van der Waals surface area contributed by atoms with Gasteiger partial charge in [0, 0.05) is 25.6 Å². The summed E-state index contributed by atoms with van der Waals surface area (Å²) in [5, 5.41) is 4.08. The van der Waals surface area contributed by atoms with Crippen molar-refractivity contribution in [3.8, 4) is 0 Å². The van der Waals surface area contributed by atoms with Crippen LogP contribution in [0.25, 0.3) is 0 Å². The van der Waals surface area contributed by atoms with Crippen LogP contribution in [0, 0.1) is 0 Å². The van der Waals surface area contributed by atoms with E-state index in [4.69, 9.17) is 9.26 Å². The highest BCUT2D eigenvalue weighted by Crippen LogP contribution is 2.22. The van der Waals surface area contributed by atoms with E-state index >= 15 is 0 Å². The van der Waals surface area contributed by atoms with Gasteiger partial charge in [0.15, 0.2) is 5.82 Å². The molecule has 23 heavy (non-hydrogen) atoms. The van der Waals surface area contributed by atoms with E-state index in [1.807, 2.05) is 0 Å². The largest absolute Gasteiger partial charge is 0.379 e. The molecule has 3 heterocycles. The molecule has 2 aliphatic heterocycles. The summed E-state index contributed by atoms with van der Waals surface area (Å²) in [5.41, 5.74) is 0. The number of nitrogens with zero attached hydrogens (tertiary/aromatic N) is 4. The number of likely N-dealkylation sites (tertiary alicyclic amines) is 1. The third kappa shape index (κ3) is 4.99. The molecule has 6 heteroatoms. The van der Waals surface area contributed by atoms with Crippen molar-refractivity contribution in [1.82, 2.24) is 19.9 Å². The molecule has 6 nitrogen and oxygen atoms in total. The van der Waals surface area contributed by atoms with Gasteiger partial charge in [0.25, 0.3) is 0 Å². The van der Waals surface area contributed by atoms with E-state index in [-0.39, 0.29) is 0 Å². The number of morpholine rings is 1. The second kappa shape index (κ2) is 8.76. The van der Waals surface area contributed by atoms with Crippen molar-refractivity contribution in [2.75, 3.05) is 39.4 Å². The molecule has 0 aromatic carbocycles. The summed E-state index contributed by atoms with van der Waals surface area (Å²) in [6.45, 7) is 9.21. The van der Waals surface area contributed by atoms with Gasteiger partial charge in [-0.25, -0.2) is 0 Å². The van der Waals surface area contributed by atoms with Crippen LogP contribution in [0.1, 0.15) is 50.7 Å². The second-order valence-electron chi connectivity index (χ2n) is 6.72. The fourth-order valence-corrected chi connectivity index (χ4v) is 3.60. The highest BCUT2D eigenvalue weighted by atomic mass is 16.5. The van der Waals surface area contributed by atoms with Crippen molar-refractivity contribution < 1.29 is 9.26 Å². The first-order valence-electron chi connectivity index (χ1n) is 9.20. The van der Waals surface area contributed by atoms with Crippen molar-refractivity contribution >= 4 is 0 Å². The van der Waals surface area contributed by atoms with Crippen LogP contribution in [0.5, 0.6) is 0 Å². The fraction of sp³-hybridized carbons (Fsp3) is 0.882. The average molecular weight is 322 g/mol. The molecule has 3 rings (SSSR count). The predicted molar refractivity (Wildman–Crippen MR) is 88.2 cm³/mol. The average Bonchev–Trinajstić information content (AvgIpc) is 3.03. The van der Waals surface area contributed by atoms with Gasteiger partial charge in [0.1, 0.15) is 0 Å². The van der Waals surface area contributed by atoms with E-state index in [2.05, 4.69) is 26.9 Å². The summed E-state index contributed by atoms with van der Waals surface area (Å²) in [4.78, 5) is 9.61. The Morgan fingerprint density at radius 1 is 1.17 bits per heavy atom. The van der Waals surface area contributed by atoms with Gasteiger partial charge in [0.05, 0.1) is 19.8 Å². The van der Waals surface area contributed by atoms with E-state index in [9.17, 15) is 0 Å². The molecular formula is C17H30N4O2. The Kier molecular flexibility index (Phi) is 6.42. The maximum absolute atomic E-state index is 5.43. The molecule has 0 bridgehead atoms. The van der Waals surface area contributed by atoms with Gasteiger partial charge in [-0.05, 0) is 38.8 Å². The van der Waals surface area contributed by atoms with Crippen LogP contribution in [0.3, 0.4) is 0 Å². The van der Waals surface area contributed by atoms with E-state index in [1.165, 1.54) is 32.2 Å². The van der Waals surface area contributed by atoms with Gasteiger partial charge in [-0.3, -0.25) is 9.80 Å². The topological polar surface area (TPSA) is 54.6 Å². The molecule has 0 saturated carbocycles. The zero-order valence-corrected chi connectivity index (χ0v) is 14.4. The SMILES string of the molecule is CCCc1noc(CN2CCCC[C@@H]2CCN2CCOCC2)n1. The first-order valence-corrected chi connectivity index (χ1v) is 9.20. The van der Waals surface area contributed by atoms with Crippen LogP contribution in [0.4, 0.5) is 0 Å². The van der Waals surface area contributed by atoms with Crippen LogP contribution in [-0.2, 0) is 17.7 Å². The minimum absolute atomic E-state index is 0.646. The minimum atomic E-state index is 0.646. The number of hydrogen-bond donors (Lipinski definition) is 0. The zero-order chi connectivity index (χ0) is 15.9. The Hall–Kier alpha value is -0.980. The van der Waals surface area contributed by atoms with Crippen LogP contribution >= 0.6 is 0 Å². The summed E-state index contributed by atoms with van der Waals surface area (Å²) in [6, 6.07) is 0.646. The molecule has 1 atom stereocenters. The normalized spacial score (nSPS) is 24.1. The molecule has 2 saturated heterocycles. The number of aryl methyl sites for hydroxylation is 1. The molecule has 0 radical (unpaired) electrons. The summed E-state index contributed by atoms with van der Waals surface area (Å²) >= 11 is 0. The first-order chi connectivity index (χ1) is 11.3. The lowest BCUT2D eigenvalue weighted by molar-refractivity contribution is 0.0294. The molecule has 1 aromatic heterocycles. The van der Waals surface area contributed by atoms with Crippen LogP contribution in [-0.4, -0.2) is 65.4 Å². The Balaban J connectivity index is 1.50. The third-order valence-corrected chi connectivity index (χ3v) is 4.95. The maximum Gasteiger partial charge on any atom is 0.240 e. The molecule has 0 aliphatic carbocycles. The van der Waals surface area contributed by atoms with Gasteiger partial charge in [-0.2, -0.15) is 4.98 Å². The number of hydrogen-bond acceptors (Lipinski definition) is 6. The lowest BCUT2D eigenvalue weighted by Gasteiger charge is -2.36. The van der Waals surface area contributed by atoms with E-state index in [0.29, 0.717) is 6.04 Å². The van der Waals surface area contributed by atoms with Crippen molar-refractivity contribution in [2.24, 2.45) is 0 Å². The Bertz CT molecular complexity index is 459. The summed E-state index contributed by atoms with van der Waals surface area (Å²) in [6.07, 6.45) is 7.12. The lowest BCUT2D eigenvalue weighted by Crippen LogP contribution is -2.43. The Morgan fingerprint density at radius 2 is 2.04 bits per heavy atom. The van der Waals surface area contributed by atoms with Gasteiger partial charge < -0.3 is 9.26 Å². The molecule has 130 valence electrons. The second-order valence-corrected chi connectivity index (χ2v) is 6.72. The molecule has 0 spiro atoms. The maximum atomic E-state index is 5.43. The summed E-state index contributed by atoms with van der Waals surface area (Å²) < 4.78 is 10.9. The van der Waals surface area contributed by atoms with Crippen molar-refractivity contribution in [1.29, 1.82) is 0 Å². The van der Waals surface area contributed by atoms with Crippen molar-refractivity contribution in [3.05, 3.63) is 11.7 Å². The monoisotopic (exact) mass is 322 g/mol. The summed E-state index contributed by atoms with van der Waals surface area (Å²) in [7, 11) is 0. The quantitative estimate of drug-likeness (QED) is 0.766. The van der Waals surface area contributed by atoms with Crippen LogP contribution in [0.15, 0.2) is 4.52 Å². The van der Waals surface area contributed by atoms with Gasteiger partial charge in [-0.1, -0.05) is 18.5 Å². The molecule has 2 fully saturated rings.